The Balaban J connectivity index is 1.01. The summed E-state index contributed by atoms with van der Waals surface area (Å²) in [5.41, 5.74) is 9.62. The molecule has 11 heteroatoms. The maximum Gasteiger partial charge on any atom is 0.411 e. The molecule has 3 aliphatic carbocycles. The maximum atomic E-state index is 14.7. The Labute approximate surface area is 299 Å². The van der Waals surface area contributed by atoms with Crippen molar-refractivity contribution in [3.05, 3.63) is 83.6 Å². The van der Waals surface area contributed by atoms with E-state index in [2.05, 4.69) is 57.4 Å². The van der Waals surface area contributed by atoms with Crippen molar-refractivity contribution in [3.63, 3.8) is 0 Å². The van der Waals surface area contributed by atoms with Crippen LogP contribution in [0, 0.1) is 5.92 Å². The van der Waals surface area contributed by atoms with Gasteiger partial charge in [0.1, 0.15) is 17.2 Å². The molecular weight excluding hydrogens is 670 g/mol. The number of hydrogen-bond acceptors (Lipinski definition) is 4. The Kier molecular flexibility index (Phi) is 7.45. The van der Waals surface area contributed by atoms with Crippen LogP contribution in [-0.2, 0) is 11.2 Å². The van der Waals surface area contributed by atoms with E-state index < -0.39 is 42.5 Å². The molecule has 9 rings (SSSR count). The van der Waals surface area contributed by atoms with E-state index in [4.69, 9.17) is 9.72 Å². The molecule has 2 unspecified atom stereocenters. The number of H-pyrrole nitrogens is 2. The number of rotatable bonds is 5. The lowest BCUT2D eigenvalue weighted by atomic mass is 9.73. The van der Waals surface area contributed by atoms with Gasteiger partial charge in [-0.05, 0) is 109 Å². The van der Waals surface area contributed by atoms with Crippen LogP contribution >= 0.6 is 0 Å². The number of fused-ring (bicyclic) bond motifs is 4. The van der Waals surface area contributed by atoms with Crippen molar-refractivity contribution in [3.8, 4) is 33.5 Å². The van der Waals surface area contributed by atoms with Crippen molar-refractivity contribution in [2.24, 2.45) is 5.92 Å². The first-order chi connectivity index (χ1) is 24.7. The van der Waals surface area contributed by atoms with Crippen molar-refractivity contribution in [2.45, 2.75) is 101 Å². The molecular formula is C41H41F4N5O2. The van der Waals surface area contributed by atoms with Gasteiger partial charge in [0.05, 0.1) is 35.5 Å². The monoisotopic (exact) mass is 711 g/mol. The summed E-state index contributed by atoms with van der Waals surface area (Å²) >= 11 is 0. The van der Waals surface area contributed by atoms with Gasteiger partial charge in [-0.15, -0.1) is 0 Å². The van der Waals surface area contributed by atoms with Crippen LogP contribution in [-0.4, -0.2) is 54.9 Å². The lowest BCUT2D eigenvalue weighted by molar-refractivity contribution is -0.00248. The van der Waals surface area contributed by atoms with Crippen LogP contribution in [0.2, 0.25) is 0 Å². The van der Waals surface area contributed by atoms with Gasteiger partial charge in [0.15, 0.2) is 0 Å². The Morgan fingerprint density at radius 2 is 1.62 bits per heavy atom. The summed E-state index contributed by atoms with van der Waals surface area (Å²) in [5.74, 6) is -3.83. The quantitative estimate of drug-likeness (QED) is 0.178. The van der Waals surface area contributed by atoms with Crippen molar-refractivity contribution in [2.75, 3.05) is 6.54 Å². The molecule has 3 heterocycles. The van der Waals surface area contributed by atoms with Gasteiger partial charge < -0.3 is 14.7 Å². The number of aromatic nitrogens is 4. The zero-order valence-electron chi connectivity index (χ0n) is 29.4. The number of aromatic amines is 2. The van der Waals surface area contributed by atoms with Crippen molar-refractivity contribution >= 4 is 17.1 Å². The molecule has 5 aromatic rings. The Hall–Kier alpha value is -4.67. The van der Waals surface area contributed by atoms with E-state index in [1.807, 2.05) is 12.1 Å². The van der Waals surface area contributed by atoms with E-state index >= 15 is 0 Å². The summed E-state index contributed by atoms with van der Waals surface area (Å²) < 4.78 is 62.4. The molecule has 2 N–H and O–H groups in total. The fraction of sp³-hybridized carbons (Fsp3) is 0.439. The first-order valence-corrected chi connectivity index (χ1v) is 18.3. The highest BCUT2D eigenvalue weighted by molar-refractivity contribution is 5.86. The summed E-state index contributed by atoms with van der Waals surface area (Å²) in [4.78, 5) is 29.7. The second-order valence-electron chi connectivity index (χ2n) is 16.3. The third kappa shape index (κ3) is 5.86. The standard InChI is InChI=1S/C41H41F4N5O2/c1-39(2,3)52-38(51)50-21-41(44,45)19-34(50)37-47-31-13-9-25(17-32(31)48-37)27-11-12-28(35-29-10-8-24(29)16-30(27)35)22-4-6-23(7-5-22)33-20-46-36(49-33)26-14-15-40(42,43)18-26/h4-7,9,11-13,17,20,24,26,29,34H,8,10,14-16,18-19,21H2,1-3H3,(H,46,49)(H,47,48)/t24?,26-,29?,34-/m0/s1. The number of benzene rings is 3. The third-order valence-corrected chi connectivity index (χ3v) is 11.5. The first-order valence-electron chi connectivity index (χ1n) is 18.3. The molecule has 1 saturated heterocycles. The predicted molar refractivity (Wildman–Crippen MR) is 191 cm³/mol. The highest BCUT2D eigenvalue weighted by Gasteiger charge is 2.50. The number of alkyl halides is 4. The van der Waals surface area contributed by atoms with Gasteiger partial charge in [-0.3, -0.25) is 4.90 Å². The largest absolute Gasteiger partial charge is 0.444 e. The fourth-order valence-electron chi connectivity index (χ4n) is 8.91. The molecule has 3 aromatic carbocycles. The number of imidazole rings is 2. The number of nitrogens with zero attached hydrogens (tertiary/aromatic N) is 3. The molecule has 2 aromatic heterocycles. The average Bonchev–Trinajstić information content (AvgIpc) is 3.89. The van der Waals surface area contributed by atoms with E-state index in [0.717, 1.165) is 51.2 Å². The van der Waals surface area contributed by atoms with Gasteiger partial charge in [0.2, 0.25) is 5.92 Å². The van der Waals surface area contributed by atoms with Gasteiger partial charge in [-0.25, -0.2) is 32.3 Å². The van der Waals surface area contributed by atoms with Crippen LogP contribution < -0.4 is 0 Å². The van der Waals surface area contributed by atoms with Crippen molar-refractivity contribution < 1.29 is 27.1 Å². The molecule has 1 amide bonds. The highest BCUT2D eigenvalue weighted by atomic mass is 19.3. The maximum absolute atomic E-state index is 14.7. The molecule has 4 atom stereocenters. The lowest BCUT2D eigenvalue weighted by Gasteiger charge is -2.31. The number of likely N-dealkylation sites (tertiary alicyclic amines) is 1. The van der Waals surface area contributed by atoms with E-state index in [9.17, 15) is 22.4 Å². The predicted octanol–water partition coefficient (Wildman–Crippen LogP) is 10.6. The van der Waals surface area contributed by atoms with Gasteiger partial charge in [0, 0.05) is 25.2 Å². The summed E-state index contributed by atoms with van der Waals surface area (Å²) in [6, 6.07) is 17.9. The van der Waals surface area contributed by atoms with Gasteiger partial charge in [-0.1, -0.05) is 42.5 Å². The van der Waals surface area contributed by atoms with Crippen LogP contribution in [0.1, 0.15) is 99.9 Å². The van der Waals surface area contributed by atoms with Gasteiger partial charge >= 0.3 is 6.09 Å². The minimum Gasteiger partial charge on any atom is -0.444 e. The summed E-state index contributed by atoms with van der Waals surface area (Å²) in [5, 5.41) is 0. The van der Waals surface area contributed by atoms with E-state index in [1.54, 1.807) is 27.0 Å². The molecule has 1 aliphatic heterocycles. The van der Waals surface area contributed by atoms with Crippen molar-refractivity contribution in [1.82, 2.24) is 24.8 Å². The van der Waals surface area contributed by atoms with Gasteiger partial charge in [0.25, 0.3) is 5.92 Å². The molecule has 52 heavy (non-hydrogen) atoms. The summed E-state index contributed by atoms with van der Waals surface area (Å²) in [6.45, 7) is 4.43. The first kappa shape index (κ1) is 33.2. The number of halogens is 4. The summed E-state index contributed by atoms with van der Waals surface area (Å²) in [7, 11) is 0. The zero-order valence-corrected chi connectivity index (χ0v) is 29.4. The number of carbonyl (C=O) groups excluding carboxylic acids is 1. The van der Waals surface area contributed by atoms with Crippen LogP contribution in [0.15, 0.2) is 60.8 Å². The normalized spacial score (nSPS) is 24.6. The van der Waals surface area contributed by atoms with E-state index in [0.29, 0.717) is 35.4 Å². The smallest absolute Gasteiger partial charge is 0.411 e. The van der Waals surface area contributed by atoms with Crippen LogP contribution in [0.3, 0.4) is 0 Å². The number of carbonyl (C=O) groups is 1. The molecule has 3 fully saturated rings. The number of amides is 1. The van der Waals surface area contributed by atoms with Crippen LogP contribution in [0.5, 0.6) is 0 Å². The van der Waals surface area contributed by atoms with Crippen LogP contribution in [0.4, 0.5) is 22.4 Å². The van der Waals surface area contributed by atoms with E-state index in [1.165, 1.54) is 23.1 Å². The SMILES string of the molecule is CC(C)(C)OC(=O)N1CC(F)(F)C[C@H]1c1nc2cc(-c3ccc(-c4ccc(-c5cnc([C@H]6CCC(F)(F)C6)[nH]5)cc4)c4c3CC3CCC43)ccc2[nH]1. The average molecular weight is 712 g/mol. The number of nitrogens with one attached hydrogen (secondary N) is 2. The highest BCUT2D eigenvalue weighted by Crippen LogP contribution is 2.56. The molecule has 0 radical (unpaired) electrons. The fourth-order valence-corrected chi connectivity index (χ4v) is 8.91. The molecule has 0 bridgehead atoms. The lowest BCUT2D eigenvalue weighted by Crippen LogP contribution is -2.38. The second-order valence-corrected chi connectivity index (χ2v) is 16.3. The zero-order chi connectivity index (χ0) is 36.2. The topological polar surface area (TPSA) is 86.9 Å². The molecule has 4 aliphatic rings. The minimum absolute atomic E-state index is 0.0910. The summed E-state index contributed by atoms with van der Waals surface area (Å²) in [6.07, 6.45) is 3.99. The van der Waals surface area contributed by atoms with E-state index in [-0.39, 0.29) is 18.8 Å². The second kappa shape index (κ2) is 11.7. The Morgan fingerprint density at radius 3 is 2.33 bits per heavy atom. The molecule has 0 spiro atoms. The molecule has 7 nitrogen and oxygen atoms in total. The molecule has 270 valence electrons. The van der Waals surface area contributed by atoms with Crippen molar-refractivity contribution in [1.29, 1.82) is 0 Å². The third-order valence-electron chi connectivity index (χ3n) is 11.5. The minimum atomic E-state index is -3.05. The Morgan fingerprint density at radius 1 is 0.865 bits per heavy atom. The number of hydrogen-bond donors (Lipinski definition) is 2. The number of ether oxygens (including phenoxy) is 1. The Bertz CT molecular complexity index is 2200. The van der Waals surface area contributed by atoms with Gasteiger partial charge in [-0.2, -0.15) is 0 Å². The molecule has 2 saturated carbocycles. The van der Waals surface area contributed by atoms with Crippen LogP contribution in [0.25, 0.3) is 44.5 Å².